The van der Waals surface area contributed by atoms with Gasteiger partial charge in [-0.3, -0.25) is 0 Å². The molecule has 0 heterocycles. The molecule has 9 heteroatoms. The van der Waals surface area contributed by atoms with Gasteiger partial charge in [-0.15, -0.1) is 0 Å². The average molecular weight is 297 g/mol. The van der Waals surface area contributed by atoms with E-state index in [1.807, 2.05) is 18.2 Å². The first-order valence-electron chi connectivity index (χ1n) is 4.93. The molecule has 0 amide bonds. The fourth-order valence-electron chi connectivity index (χ4n) is 1.06. The number of hydrogen-bond donors (Lipinski definition) is 4. The molecule has 0 saturated carbocycles. The van der Waals surface area contributed by atoms with Crippen LogP contribution in [0.3, 0.4) is 0 Å². The molecule has 0 aliphatic rings. The quantitative estimate of drug-likeness (QED) is 0.588. The number of sulfonamides is 1. The van der Waals surface area contributed by atoms with Crippen LogP contribution in [0, 0.1) is 0 Å². The van der Waals surface area contributed by atoms with Gasteiger partial charge in [-0.1, -0.05) is 37.3 Å². The highest BCUT2D eigenvalue weighted by atomic mass is 32.2. The van der Waals surface area contributed by atoms with Crippen LogP contribution in [0.15, 0.2) is 30.3 Å². The van der Waals surface area contributed by atoms with Gasteiger partial charge in [0.25, 0.3) is 0 Å². The standard InChI is InChI=1S/C9H13NO2S.H3O4P/c1-2-10-13(11,12)8-9-6-4-3-5-7-9;1-5(2,3)4/h3-7,10H,2,8H2,1H3;(H3,1,2,3,4). The van der Waals surface area contributed by atoms with Crippen molar-refractivity contribution in [2.75, 3.05) is 6.54 Å². The molecule has 0 aliphatic carbocycles. The minimum atomic E-state index is -4.64. The van der Waals surface area contributed by atoms with Crippen LogP contribution in [0.25, 0.3) is 0 Å². The van der Waals surface area contributed by atoms with Crippen LogP contribution in [-0.2, 0) is 20.3 Å². The predicted octanol–water partition coefficient (Wildman–Crippen LogP) is 0.197. The number of phosphoric acid groups is 1. The van der Waals surface area contributed by atoms with Crippen LogP contribution in [0.4, 0.5) is 0 Å². The Kier molecular flexibility index (Phi) is 7.30. The second-order valence-corrected chi connectivity index (χ2v) is 6.09. The zero-order valence-electron chi connectivity index (χ0n) is 9.72. The second-order valence-electron chi connectivity index (χ2n) is 3.26. The van der Waals surface area contributed by atoms with E-state index >= 15 is 0 Å². The average Bonchev–Trinajstić information content (AvgIpc) is 2.15. The van der Waals surface area contributed by atoms with E-state index in [-0.39, 0.29) is 5.75 Å². The molecular formula is C9H16NO6PS. The Balaban J connectivity index is 0.000000494. The van der Waals surface area contributed by atoms with Crippen LogP contribution >= 0.6 is 7.82 Å². The SMILES string of the molecule is CCNS(=O)(=O)Cc1ccccc1.O=P(O)(O)O. The normalized spacial score (nSPS) is 11.6. The van der Waals surface area contributed by atoms with Crippen molar-refractivity contribution in [2.45, 2.75) is 12.7 Å². The lowest BCUT2D eigenvalue weighted by Gasteiger charge is -2.03. The van der Waals surface area contributed by atoms with Crippen molar-refractivity contribution in [3.8, 4) is 0 Å². The molecule has 4 N–H and O–H groups in total. The van der Waals surface area contributed by atoms with Crippen molar-refractivity contribution in [1.29, 1.82) is 0 Å². The maximum Gasteiger partial charge on any atom is 0.466 e. The summed E-state index contributed by atoms with van der Waals surface area (Å²) in [5, 5.41) is 0. The topological polar surface area (TPSA) is 124 Å². The second kappa shape index (κ2) is 7.63. The van der Waals surface area contributed by atoms with Gasteiger partial charge in [-0.2, -0.15) is 0 Å². The Morgan fingerprint density at radius 2 is 1.61 bits per heavy atom. The van der Waals surface area contributed by atoms with E-state index in [4.69, 9.17) is 19.2 Å². The van der Waals surface area contributed by atoms with Gasteiger partial charge < -0.3 is 14.7 Å². The van der Waals surface area contributed by atoms with Gasteiger partial charge in [0.1, 0.15) is 0 Å². The third-order valence-corrected chi connectivity index (χ3v) is 3.01. The molecule has 0 aliphatic heterocycles. The third kappa shape index (κ3) is 11.7. The summed E-state index contributed by atoms with van der Waals surface area (Å²) in [7, 11) is -7.77. The first-order chi connectivity index (χ1) is 8.14. The molecule has 0 saturated heterocycles. The van der Waals surface area contributed by atoms with Gasteiger partial charge in [0.05, 0.1) is 5.75 Å². The number of rotatable bonds is 4. The van der Waals surface area contributed by atoms with Gasteiger partial charge in [0.2, 0.25) is 10.0 Å². The molecule has 18 heavy (non-hydrogen) atoms. The van der Waals surface area contributed by atoms with Crippen LogP contribution in [0.1, 0.15) is 12.5 Å². The lowest BCUT2D eigenvalue weighted by molar-refractivity contribution is 0.275. The van der Waals surface area contributed by atoms with E-state index in [1.165, 1.54) is 0 Å². The summed E-state index contributed by atoms with van der Waals surface area (Å²) >= 11 is 0. The third-order valence-electron chi connectivity index (χ3n) is 1.56. The zero-order chi connectivity index (χ0) is 14.2. The van der Waals surface area contributed by atoms with E-state index in [1.54, 1.807) is 19.1 Å². The van der Waals surface area contributed by atoms with Crippen molar-refractivity contribution < 1.29 is 27.7 Å². The summed E-state index contributed by atoms with van der Waals surface area (Å²) in [6, 6.07) is 9.13. The Morgan fingerprint density at radius 3 is 2.00 bits per heavy atom. The number of nitrogens with one attached hydrogen (secondary N) is 1. The first-order valence-corrected chi connectivity index (χ1v) is 8.15. The Bertz CT molecular complexity index is 475. The molecule has 1 aromatic carbocycles. The molecule has 0 fully saturated rings. The van der Waals surface area contributed by atoms with Crippen molar-refractivity contribution in [2.24, 2.45) is 0 Å². The molecular weight excluding hydrogens is 281 g/mol. The summed E-state index contributed by atoms with van der Waals surface area (Å²) < 4.78 is 33.9. The summed E-state index contributed by atoms with van der Waals surface area (Å²) in [5.74, 6) is 0.0572. The monoisotopic (exact) mass is 297 g/mol. The summed E-state index contributed by atoms with van der Waals surface area (Å²) in [4.78, 5) is 21.6. The lowest BCUT2D eigenvalue weighted by Crippen LogP contribution is -2.24. The van der Waals surface area contributed by atoms with Crippen molar-refractivity contribution in [1.82, 2.24) is 4.72 Å². The van der Waals surface area contributed by atoms with E-state index in [0.29, 0.717) is 6.54 Å². The summed E-state index contributed by atoms with van der Waals surface area (Å²) in [6.07, 6.45) is 0. The van der Waals surface area contributed by atoms with E-state index < -0.39 is 17.8 Å². The van der Waals surface area contributed by atoms with Gasteiger partial charge in [0.15, 0.2) is 0 Å². The molecule has 0 radical (unpaired) electrons. The molecule has 0 aromatic heterocycles. The van der Waals surface area contributed by atoms with E-state index in [9.17, 15) is 8.42 Å². The van der Waals surface area contributed by atoms with Gasteiger partial charge in [0, 0.05) is 6.54 Å². The maximum absolute atomic E-state index is 11.3. The minimum Gasteiger partial charge on any atom is -0.303 e. The fraction of sp³-hybridized carbons (Fsp3) is 0.333. The summed E-state index contributed by atoms with van der Waals surface area (Å²) in [5.41, 5.74) is 0.809. The van der Waals surface area contributed by atoms with Crippen LogP contribution < -0.4 is 4.72 Å². The van der Waals surface area contributed by atoms with Crippen molar-refractivity contribution in [3.05, 3.63) is 35.9 Å². The van der Waals surface area contributed by atoms with Crippen LogP contribution in [0.2, 0.25) is 0 Å². The maximum atomic E-state index is 11.3. The molecule has 104 valence electrons. The molecule has 0 spiro atoms. The predicted molar refractivity (Wildman–Crippen MR) is 67.0 cm³/mol. The van der Waals surface area contributed by atoms with Crippen molar-refractivity contribution >= 4 is 17.8 Å². The zero-order valence-corrected chi connectivity index (χ0v) is 11.4. The number of hydrogen-bond acceptors (Lipinski definition) is 3. The number of benzene rings is 1. The van der Waals surface area contributed by atoms with E-state index in [2.05, 4.69) is 4.72 Å². The van der Waals surface area contributed by atoms with Crippen LogP contribution in [-0.4, -0.2) is 29.6 Å². The Morgan fingerprint density at radius 1 is 1.17 bits per heavy atom. The highest BCUT2D eigenvalue weighted by molar-refractivity contribution is 7.88. The smallest absolute Gasteiger partial charge is 0.303 e. The highest BCUT2D eigenvalue weighted by Crippen LogP contribution is 2.25. The highest BCUT2D eigenvalue weighted by Gasteiger charge is 2.08. The molecule has 0 atom stereocenters. The summed E-state index contributed by atoms with van der Waals surface area (Å²) in [6.45, 7) is 2.21. The fourth-order valence-corrected chi connectivity index (χ4v) is 2.24. The van der Waals surface area contributed by atoms with Gasteiger partial charge in [-0.05, 0) is 5.56 Å². The molecule has 0 unspecified atom stereocenters. The van der Waals surface area contributed by atoms with Gasteiger partial charge >= 0.3 is 7.82 Å². The molecule has 7 nitrogen and oxygen atoms in total. The molecule has 1 aromatic rings. The first kappa shape index (κ1) is 17.2. The minimum absolute atomic E-state index is 0.0572. The lowest BCUT2D eigenvalue weighted by atomic mass is 10.2. The van der Waals surface area contributed by atoms with Gasteiger partial charge in [-0.25, -0.2) is 17.7 Å². The largest absolute Gasteiger partial charge is 0.466 e. The Hall–Kier alpha value is -0.760. The molecule has 1 rings (SSSR count). The van der Waals surface area contributed by atoms with Crippen LogP contribution in [0.5, 0.6) is 0 Å². The molecule has 0 bridgehead atoms. The Labute approximate surface area is 106 Å². The van der Waals surface area contributed by atoms with Crippen molar-refractivity contribution in [3.63, 3.8) is 0 Å². The van der Waals surface area contributed by atoms with E-state index in [0.717, 1.165) is 5.56 Å².